The van der Waals surface area contributed by atoms with Crippen LogP contribution in [0.1, 0.15) is 658 Å². The first-order valence-corrected chi connectivity index (χ1v) is 53.9. The van der Waals surface area contributed by atoms with Crippen LogP contribution in [0.3, 0.4) is 0 Å². The predicted octanol–water partition coefficient (Wildman–Crippen LogP) is 33.6. The average molecular weight is 1730 g/mol. The van der Waals surface area contributed by atoms with Gasteiger partial charge in [-0.2, -0.15) is 0 Å². The number of hydrogen-bond donors (Lipinski definition) is 3. The molecule has 0 spiro atoms. The molecule has 0 fully saturated rings. The van der Waals surface area contributed by atoms with E-state index in [1.165, 1.54) is 501 Å². The van der Waals surface area contributed by atoms with E-state index in [-0.39, 0.29) is 36.6 Å². The summed E-state index contributed by atoms with van der Waals surface area (Å²) in [4.78, 5) is 61.7. The average Bonchev–Trinajstić information content (AvgIpc) is 1.37. The summed E-state index contributed by atoms with van der Waals surface area (Å²) < 4.78 is 0. The predicted molar refractivity (Wildman–Crippen MR) is 521 cm³/mol. The van der Waals surface area contributed by atoms with Crippen LogP contribution in [0.15, 0.2) is 0 Å². The molecule has 0 aromatic rings. The molecule has 0 atom stereocenters. The Morgan fingerprint density at radius 1 is 0.132 bits per heavy atom. The van der Waals surface area contributed by atoms with Gasteiger partial charge in [0, 0.05) is 37.2 Å². The van der Waals surface area contributed by atoms with Gasteiger partial charge in [-0.3, -0.25) is 14.4 Å². The van der Waals surface area contributed by atoms with Crippen molar-refractivity contribution in [3.05, 3.63) is 0 Å². The van der Waals surface area contributed by atoms with Crippen molar-refractivity contribution in [1.82, 2.24) is 0 Å². The minimum atomic E-state index is -0.903. The monoisotopic (exact) mass is 1730 g/mol. The van der Waals surface area contributed by atoms with E-state index >= 15 is 0 Å². The number of hydrogen-bond acceptors (Lipinski definition) is 9. The summed E-state index contributed by atoms with van der Waals surface area (Å²) in [6, 6.07) is 0. The first kappa shape index (κ1) is 131. The van der Waals surface area contributed by atoms with Crippen molar-refractivity contribution in [3.63, 3.8) is 0 Å². The Labute approximate surface area is 765 Å². The molecule has 720 valence electrons. The fraction of sp³-hybridized carbons (Fsp3) is 0.944. The second-order valence-corrected chi connectivity index (χ2v) is 36.5. The molecule has 121 heavy (non-hydrogen) atoms. The Balaban J connectivity index is -0.000000257. The van der Waals surface area contributed by atoms with Crippen molar-refractivity contribution in [2.24, 2.45) is 0 Å². The van der Waals surface area contributed by atoms with Gasteiger partial charge in [0.25, 0.3) is 0 Å². The number of carboxylic acids is 6. The Kier molecular flexibility index (Phi) is 139. The third kappa shape index (κ3) is 158. The molecule has 0 bridgehead atoms. The molecule has 0 aromatic carbocycles. The maximum absolute atomic E-state index is 10.3. The van der Waals surface area contributed by atoms with Gasteiger partial charge in [0.1, 0.15) is 0 Å². The van der Waals surface area contributed by atoms with Gasteiger partial charge in [-0.05, 0) is 57.8 Å². The standard InChI is InChI=1S/6C18H36O2.Al/c6*1-2-3-4-5-6-7-8-9-10-11-12-13-14-15-16-17-18(19)20;/h6*2-17H2,1H3,(H,19,20);/q;;;;;;+3/p-3. The van der Waals surface area contributed by atoms with Crippen LogP contribution in [0, 0.1) is 0 Å². The van der Waals surface area contributed by atoms with Crippen molar-refractivity contribution in [1.29, 1.82) is 0 Å². The zero-order valence-electron chi connectivity index (χ0n) is 82.5. The molecule has 0 saturated heterocycles. The SMILES string of the molecule is CCCCCCCCCCCCCCCCCC(=O)O.CCCCCCCCCCCCCCCCCC(=O)O.CCCCCCCCCCCCCCCCCC(=O)O.CCCCCCCCCCCCCCCCCC(=O)[O-].CCCCCCCCCCCCCCCCCC(=O)[O-].CCCCCCCCCCCCCCCCCC(=O)[O-].[Al+3]. The van der Waals surface area contributed by atoms with Gasteiger partial charge in [0.05, 0.1) is 0 Å². The third-order valence-electron chi connectivity index (χ3n) is 23.9. The van der Waals surface area contributed by atoms with Gasteiger partial charge in [0.15, 0.2) is 0 Å². The molecule has 0 rings (SSSR count). The molecular formula is C108H213AlO12. The van der Waals surface area contributed by atoms with E-state index in [0.29, 0.717) is 19.3 Å². The largest absolute Gasteiger partial charge is 3.00 e. The van der Waals surface area contributed by atoms with E-state index in [0.717, 1.165) is 77.0 Å². The molecule has 13 heteroatoms. The Hall–Kier alpha value is -2.65. The van der Waals surface area contributed by atoms with Crippen LogP contribution in [-0.2, 0) is 28.8 Å². The van der Waals surface area contributed by atoms with Crippen LogP contribution in [0.2, 0.25) is 0 Å². The molecule has 0 unspecified atom stereocenters. The zero-order valence-corrected chi connectivity index (χ0v) is 83.6. The summed E-state index contributed by atoms with van der Waals surface area (Å²) in [5, 5.41) is 56.2. The number of unbranched alkanes of at least 4 members (excludes halogenated alkanes) is 84. The van der Waals surface area contributed by atoms with Gasteiger partial charge < -0.3 is 45.0 Å². The molecule has 0 aliphatic carbocycles. The fourth-order valence-electron chi connectivity index (χ4n) is 15.9. The number of rotatable bonds is 96. The maximum Gasteiger partial charge on any atom is 3.00 e. The van der Waals surface area contributed by atoms with Crippen molar-refractivity contribution >= 4 is 53.2 Å². The maximum atomic E-state index is 10.3. The molecule has 0 aromatic heterocycles. The van der Waals surface area contributed by atoms with Crippen LogP contribution in [0.5, 0.6) is 0 Å². The smallest absolute Gasteiger partial charge is 0.550 e. The van der Waals surface area contributed by atoms with E-state index in [2.05, 4.69) is 41.5 Å². The van der Waals surface area contributed by atoms with Gasteiger partial charge >= 0.3 is 35.3 Å². The van der Waals surface area contributed by atoms with Crippen LogP contribution in [-0.4, -0.2) is 68.5 Å². The summed E-state index contributed by atoms with van der Waals surface area (Å²) in [5.74, 6) is -4.67. The number of carbonyl (C=O) groups is 6. The molecule has 0 radical (unpaired) electrons. The Morgan fingerprint density at radius 3 is 0.264 bits per heavy atom. The number of carboxylic acid groups (broad SMARTS) is 6. The zero-order chi connectivity index (χ0) is 89.3. The summed E-state index contributed by atoms with van der Waals surface area (Å²) in [7, 11) is 0. The van der Waals surface area contributed by atoms with Gasteiger partial charge in [-0.1, -0.05) is 581 Å². The van der Waals surface area contributed by atoms with Crippen molar-refractivity contribution in [2.45, 2.75) is 658 Å². The summed E-state index contributed by atoms with van der Waals surface area (Å²) in [6.07, 6.45) is 120. The van der Waals surface area contributed by atoms with E-state index in [9.17, 15) is 44.1 Å². The number of aliphatic carboxylic acids is 6. The number of carbonyl (C=O) groups excluding carboxylic acids is 3. The van der Waals surface area contributed by atoms with Crippen molar-refractivity contribution in [2.75, 3.05) is 0 Å². The van der Waals surface area contributed by atoms with Gasteiger partial charge in [-0.25, -0.2) is 0 Å². The minimum absolute atomic E-state index is 0. The van der Waals surface area contributed by atoms with Crippen LogP contribution in [0.25, 0.3) is 0 Å². The Bertz CT molecular complexity index is 1560. The van der Waals surface area contributed by atoms with Crippen LogP contribution >= 0.6 is 0 Å². The minimum Gasteiger partial charge on any atom is -0.550 e. The van der Waals surface area contributed by atoms with E-state index < -0.39 is 35.8 Å². The van der Waals surface area contributed by atoms with E-state index in [1.54, 1.807) is 0 Å². The molecule has 12 nitrogen and oxygen atoms in total. The van der Waals surface area contributed by atoms with Gasteiger partial charge in [0.2, 0.25) is 0 Å². The Morgan fingerprint density at radius 2 is 0.198 bits per heavy atom. The second kappa shape index (κ2) is 128. The van der Waals surface area contributed by atoms with Gasteiger partial charge in [-0.15, -0.1) is 0 Å². The van der Waals surface area contributed by atoms with Crippen LogP contribution in [0.4, 0.5) is 0 Å². The first-order chi connectivity index (χ1) is 58.6. The van der Waals surface area contributed by atoms with E-state index in [4.69, 9.17) is 15.3 Å². The molecule has 3 N–H and O–H groups in total. The fourth-order valence-corrected chi connectivity index (χ4v) is 15.9. The normalized spacial score (nSPS) is 10.8. The topological polar surface area (TPSA) is 232 Å². The quantitative estimate of drug-likeness (QED) is 0.0381. The van der Waals surface area contributed by atoms with Crippen molar-refractivity contribution in [3.8, 4) is 0 Å². The third-order valence-corrected chi connectivity index (χ3v) is 23.9. The van der Waals surface area contributed by atoms with Crippen LogP contribution < -0.4 is 15.3 Å². The molecule has 0 amide bonds. The van der Waals surface area contributed by atoms with E-state index in [1.807, 2.05) is 0 Å². The molecular weight excluding hydrogens is 1520 g/mol. The molecule has 0 heterocycles. The molecule has 0 aliphatic rings. The summed E-state index contributed by atoms with van der Waals surface area (Å²) >= 11 is 0. The summed E-state index contributed by atoms with van der Waals surface area (Å²) in [5.41, 5.74) is 0. The summed E-state index contributed by atoms with van der Waals surface area (Å²) in [6.45, 7) is 13.6. The molecule has 0 aliphatic heterocycles. The molecule has 0 saturated carbocycles. The van der Waals surface area contributed by atoms with Crippen molar-refractivity contribution < 1.29 is 59.4 Å². The second-order valence-electron chi connectivity index (χ2n) is 36.5. The first-order valence-electron chi connectivity index (χ1n) is 53.9.